The molecule has 0 bridgehead atoms. The normalized spacial score (nSPS) is 16.4. The van der Waals surface area contributed by atoms with Gasteiger partial charge in [-0.3, -0.25) is 4.79 Å². The first-order chi connectivity index (χ1) is 12.6. The van der Waals surface area contributed by atoms with Crippen LogP contribution in [0, 0.1) is 0 Å². The first-order valence-electron chi connectivity index (χ1n) is 7.79. The highest BCUT2D eigenvalue weighted by molar-refractivity contribution is 6.13. The number of cyclic esters (lactones) is 1. The first kappa shape index (κ1) is 15.9. The molecule has 0 amide bonds. The van der Waals surface area contributed by atoms with E-state index in [2.05, 4.69) is 4.99 Å². The molecule has 2 aromatic carbocycles. The lowest BCUT2D eigenvalue weighted by Gasteiger charge is -2.01. The van der Waals surface area contributed by atoms with Crippen LogP contribution < -0.4 is 14.2 Å². The van der Waals surface area contributed by atoms with E-state index in [9.17, 15) is 9.59 Å². The molecule has 0 radical (unpaired) electrons. The van der Waals surface area contributed by atoms with Crippen molar-refractivity contribution in [2.24, 2.45) is 4.99 Å². The van der Waals surface area contributed by atoms with Gasteiger partial charge in [-0.1, -0.05) is 12.1 Å². The maximum atomic E-state index is 12.1. The van der Waals surface area contributed by atoms with Crippen molar-refractivity contribution in [3.63, 3.8) is 0 Å². The number of rotatable bonds is 3. The highest BCUT2D eigenvalue weighted by Crippen LogP contribution is 2.33. The Hall–Kier alpha value is -3.61. The third-order valence-electron chi connectivity index (χ3n) is 3.69. The maximum absolute atomic E-state index is 12.1. The van der Waals surface area contributed by atoms with Gasteiger partial charge in [0.05, 0.1) is 0 Å². The topological polar surface area (TPSA) is 83.4 Å². The number of carbonyl (C=O) groups is 2. The number of aliphatic imine (C=N–C) groups is 1. The highest BCUT2D eigenvalue weighted by Gasteiger charge is 2.25. The van der Waals surface area contributed by atoms with Crippen LogP contribution in [0.25, 0.3) is 6.08 Å². The van der Waals surface area contributed by atoms with Crippen LogP contribution in [0.4, 0.5) is 0 Å². The van der Waals surface area contributed by atoms with Gasteiger partial charge in [-0.05, 0) is 42.0 Å². The van der Waals surface area contributed by atoms with Crippen molar-refractivity contribution >= 4 is 23.9 Å². The van der Waals surface area contributed by atoms with Crippen LogP contribution in [0.2, 0.25) is 0 Å². The van der Waals surface area contributed by atoms with Gasteiger partial charge in [-0.15, -0.1) is 0 Å². The summed E-state index contributed by atoms with van der Waals surface area (Å²) in [4.78, 5) is 27.3. The second-order valence-corrected chi connectivity index (χ2v) is 5.57. The molecule has 0 atom stereocenters. The van der Waals surface area contributed by atoms with Crippen molar-refractivity contribution in [1.82, 2.24) is 0 Å². The zero-order valence-corrected chi connectivity index (χ0v) is 13.7. The summed E-state index contributed by atoms with van der Waals surface area (Å²) in [6.45, 7) is 1.50. The lowest BCUT2D eigenvalue weighted by atomic mass is 10.2. The monoisotopic (exact) mass is 351 g/mol. The minimum atomic E-state index is -0.540. The fourth-order valence-electron chi connectivity index (χ4n) is 2.52. The summed E-state index contributed by atoms with van der Waals surface area (Å²) in [5, 5.41) is 0. The number of nitrogens with zero attached hydrogens (tertiary/aromatic N) is 1. The molecule has 4 rings (SSSR count). The average Bonchev–Trinajstić information content (AvgIpc) is 3.22. The van der Waals surface area contributed by atoms with Gasteiger partial charge in [-0.25, -0.2) is 9.79 Å². The van der Waals surface area contributed by atoms with Gasteiger partial charge < -0.3 is 18.9 Å². The minimum absolute atomic E-state index is 0.166. The van der Waals surface area contributed by atoms with Gasteiger partial charge in [0.15, 0.2) is 17.2 Å². The van der Waals surface area contributed by atoms with Gasteiger partial charge in [0.2, 0.25) is 12.7 Å². The SMILES string of the molecule is CC(=O)Oc1ccc(/C=C2\N=C(c3ccc4c(c3)OCO4)OC2=O)cc1. The number of benzene rings is 2. The molecule has 0 saturated carbocycles. The Morgan fingerprint density at radius 3 is 2.65 bits per heavy atom. The van der Waals surface area contributed by atoms with Gasteiger partial charge >= 0.3 is 11.9 Å². The van der Waals surface area contributed by atoms with Crippen molar-refractivity contribution in [2.45, 2.75) is 6.92 Å². The molecule has 26 heavy (non-hydrogen) atoms. The van der Waals surface area contributed by atoms with Crippen LogP contribution in [-0.4, -0.2) is 24.6 Å². The van der Waals surface area contributed by atoms with Gasteiger partial charge in [0.1, 0.15) is 5.75 Å². The smallest absolute Gasteiger partial charge is 0.363 e. The Bertz CT molecular complexity index is 958. The molecule has 0 unspecified atom stereocenters. The molecule has 2 heterocycles. The predicted molar refractivity (Wildman–Crippen MR) is 90.9 cm³/mol. The summed E-state index contributed by atoms with van der Waals surface area (Å²) < 4.78 is 20.8. The van der Waals surface area contributed by atoms with Crippen molar-refractivity contribution in [1.29, 1.82) is 0 Å². The van der Waals surface area contributed by atoms with E-state index >= 15 is 0 Å². The molecular formula is C19H13NO6. The first-order valence-corrected chi connectivity index (χ1v) is 7.79. The van der Waals surface area contributed by atoms with Crippen molar-refractivity contribution < 1.29 is 28.5 Å². The summed E-state index contributed by atoms with van der Waals surface area (Å²) in [5.41, 5.74) is 1.53. The molecule has 0 saturated heterocycles. The van der Waals surface area contributed by atoms with Crippen molar-refractivity contribution in [2.75, 3.05) is 6.79 Å². The Kier molecular flexibility index (Phi) is 3.89. The number of fused-ring (bicyclic) bond motifs is 1. The van der Waals surface area contributed by atoms with Gasteiger partial charge in [0, 0.05) is 12.5 Å². The molecular weight excluding hydrogens is 338 g/mol. The molecule has 7 heteroatoms. The maximum Gasteiger partial charge on any atom is 0.363 e. The molecule has 7 nitrogen and oxygen atoms in total. The molecule has 2 aliphatic heterocycles. The Labute approximate surface area is 148 Å². The van der Waals surface area contributed by atoms with E-state index in [4.69, 9.17) is 18.9 Å². The fraction of sp³-hybridized carbons (Fsp3) is 0.105. The summed E-state index contributed by atoms with van der Waals surface area (Å²) >= 11 is 0. The van der Waals surface area contributed by atoms with E-state index in [-0.39, 0.29) is 18.4 Å². The van der Waals surface area contributed by atoms with E-state index < -0.39 is 11.9 Å². The number of carbonyl (C=O) groups excluding carboxylic acids is 2. The van der Waals surface area contributed by atoms with E-state index in [0.717, 1.165) is 5.56 Å². The zero-order chi connectivity index (χ0) is 18.1. The van der Waals surface area contributed by atoms with Crippen LogP contribution in [0.3, 0.4) is 0 Å². The standard InChI is InChI=1S/C19H13NO6/c1-11(21)25-14-5-2-12(3-6-14)8-15-19(22)26-18(20-15)13-4-7-16-17(9-13)24-10-23-16/h2-9H,10H2,1H3/b15-8-. The molecule has 2 aromatic rings. The number of hydrogen-bond acceptors (Lipinski definition) is 7. The fourth-order valence-corrected chi connectivity index (χ4v) is 2.52. The lowest BCUT2D eigenvalue weighted by molar-refractivity contribution is -0.132. The Morgan fingerprint density at radius 2 is 1.88 bits per heavy atom. The summed E-state index contributed by atoms with van der Waals surface area (Å²) in [7, 11) is 0. The summed E-state index contributed by atoms with van der Waals surface area (Å²) in [6.07, 6.45) is 1.60. The average molecular weight is 351 g/mol. The van der Waals surface area contributed by atoms with Gasteiger partial charge in [0.25, 0.3) is 0 Å². The molecule has 0 aromatic heterocycles. The molecule has 2 aliphatic rings. The molecule has 0 N–H and O–H groups in total. The molecule has 130 valence electrons. The van der Waals surface area contributed by atoms with E-state index in [1.807, 2.05) is 0 Å². The van der Waals surface area contributed by atoms with Crippen molar-refractivity contribution in [3.05, 3.63) is 59.3 Å². The predicted octanol–water partition coefficient (Wildman–Crippen LogP) is 2.69. The quantitative estimate of drug-likeness (QED) is 0.480. The molecule has 0 aliphatic carbocycles. The third-order valence-corrected chi connectivity index (χ3v) is 3.69. The van der Waals surface area contributed by atoms with E-state index in [1.165, 1.54) is 6.92 Å². The minimum Gasteiger partial charge on any atom is -0.454 e. The van der Waals surface area contributed by atoms with Crippen LogP contribution >= 0.6 is 0 Å². The number of hydrogen-bond donors (Lipinski definition) is 0. The highest BCUT2D eigenvalue weighted by atomic mass is 16.7. The van der Waals surface area contributed by atoms with E-state index in [1.54, 1.807) is 48.5 Å². The van der Waals surface area contributed by atoms with Crippen LogP contribution in [0.5, 0.6) is 17.2 Å². The molecule has 0 spiro atoms. The zero-order valence-electron chi connectivity index (χ0n) is 13.7. The number of esters is 2. The Balaban J connectivity index is 1.58. The van der Waals surface area contributed by atoms with Crippen LogP contribution in [-0.2, 0) is 14.3 Å². The Morgan fingerprint density at radius 1 is 1.12 bits per heavy atom. The molecule has 0 fully saturated rings. The lowest BCUT2D eigenvalue weighted by Crippen LogP contribution is -2.05. The van der Waals surface area contributed by atoms with Crippen LogP contribution in [0.15, 0.2) is 53.2 Å². The van der Waals surface area contributed by atoms with Crippen LogP contribution in [0.1, 0.15) is 18.1 Å². The van der Waals surface area contributed by atoms with E-state index in [0.29, 0.717) is 22.8 Å². The number of ether oxygens (including phenoxy) is 4. The largest absolute Gasteiger partial charge is 0.454 e. The second-order valence-electron chi connectivity index (χ2n) is 5.57. The third kappa shape index (κ3) is 3.14. The van der Waals surface area contributed by atoms with Crippen molar-refractivity contribution in [3.8, 4) is 17.2 Å². The summed E-state index contributed by atoms with van der Waals surface area (Å²) in [5.74, 6) is 0.923. The second kappa shape index (κ2) is 6.36. The summed E-state index contributed by atoms with van der Waals surface area (Å²) in [6, 6.07) is 11.9. The van der Waals surface area contributed by atoms with Gasteiger partial charge in [-0.2, -0.15) is 0 Å².